The molecule has 0 aromatic heterocycles. The summed E-state index contributed by atoms with van der Waals surface area (Å²) >= 11 is 5.12. The van der Waals surface area contributed by atoms with Crippen LogP contribution in [0.1, 0.15) is 26.2 Å². The first-order valence-corrected chi connectivity index (χ1v) is 9.09. The largest absolute Gasteiger partial charge is 0.347 e. The van der Waals surface area contributed by atoms with Crippen LogP contribution in [0.25, 0.3) is 0 Å². The highest BCUT2D eigenvalue weighted by Crippen LogP contribution is 2.72. The molecule has 1 spiro atoms. The van der Waals surface area contributed by atoms with Crippen molar-refractivity contribution < 1.29 is 9.47 Å². The smallest absolute Gasteiger partial charge is 0.175 e. The van der Waals surface area contributed by atoms with Crippen LogP contribution in [0.15, 0.2) is 0 Å². The summed E-state index contributed by atoms with van der Waals surface area (Å²) in [6.07, 6.45) is 3.80. The zero-order valence-corrected chi connectivity index (χ0v) is 13.9. The lowest BCUT2D eigenvalue weighted by Gasteiger charge is -2.47. The predicted molar refractivity (Wildman–Crippen MR) is 80.3 cm³/mol. The molecule has 3 rings (SSSR count). The van der Waals surface area contributed by atoms with Crippen molar-refractivity contribution in [2.75, 3.05) is 22.1 Å². The molecule has 1 saturated heterocycles. The van der Waals surface area contributed by atoms with Crippen LogP contribution in [0.5, 0.6) is 0 Å². The Bertz CT molecular complexity index is 303. The monoisotopic (exact) mass is 448 g/mol. The molecule has 1 aliphatic heterocycles. The summed E-state index contributed by atoms with van der Waals surface area (Å²) in [6.45, 7) is 4.06. The molecule has 0 N–H and O–H groups in total. The lowest BCUT2D eigenvalue weighted by Crippen LogP contribution is -2.52. The number of hydrogen-bond acceptors (Lipinski definition) is 2. The Balaban J connectivity index is 2.07. The van der Waals surface area contributed by atoms with Crippen molar-refractivity contribution in [3.8, 4) is 0 Å². The molecule has 3 atom stereocenters. The van der Waals surface area contributed by atoms with Gasteiger partial charge in [0.1, 0.15) is 0 Å². The molecule has 16 heavy (non-hydrogen) atoms. The van der Waals surface area contributed by atoms with Gasteiger partial charge in [0.25, 0.3) is 0 Å². The summed E-state index contributed by atoms with van der Waals surface area (Å²) in [5, 5.41) is 0. The van der Waals surface area contributed by atoms with Gasteiger partial charge in [0.05, 0.1) is 13.2 Å². The molecule has 0 radical (unpaired) electrons. The number of halogens is 2. The fraction of sp³-hybridized carbons (Fsp3) is 1.00. The molecule has 0 unspecified atom stereocenters. The standard InChI is InChI=1S/C12H18I2O2/c1-10(7-13)9-2-3-11(10,8-14)12(6-9)15-4-5-16-12/h9H,2-8H2,1H3/t9-,10+,11+/m0/s1. The molecule has 2 aliphatic carbocycles. The van der Waals surface area contributed by atoms with Crippen molar-refractivity contribution >= 4 is 45.2 Å². The number of hydrogen-bond donors (Lipinski definition) is 0. The highest BCUT2D eigenvalue weighted by molar-refractivity contribution is 14.1. The predicted octanol–water partition coefficient (Wildman–Crippen LogP) is 3.41. The van der Waals surface area contributed by atoms with Crippen molar-refractivity contribution in [3.05, 3.63) is 0 Å². The van der Waals surface area contributed by atoms with Crippen molar-refractivity contribution in [1.29, 1.82) is 0 Å². The van der Waals surface area contributed by atoms with Gasteiger partial charge in [-0.3, -0.25) is 0 Å². The lowest BCUT2D eigenvalue weighted by molar-refractivity contribution is -0.233. The van der Waals surface area contributed by atoms with Crippen molar-refractivity contribution in [1.82, 2.24) is 0 Å². The van der Waals surface area contributed by atoms with E-state index >= 15 is 0 Å². The van der Waals surface area contributed by atoms with Crippen LogP contribution in [0.4, 0.5) is 0 Å². The molecule has 2 nitrogen and oxygen atoms in total. The van der Waals surface area contributed by atoms with Gasteiger partial charge in [-0.15, -0.1) is 0 Å². The third-order valence-corrected chi connectivity index (χ3v) is 8.30. The molecule has 4 heteroatoms. The number of ether oxygens (including phenoxy) is 2. The molecule has 0 amide bonds. The lowest BCUT2D eigenvalue weighted by atomic mass is 9.68. The first-order valence-electron chi connectivity index (χ1n) is 6.04. The number of alkyl halides is 2. The summed E-state index contributed by atoms with van der Waals surface area (Å²) in [5.74, 6) is 0.578. The summed E-state index contributed by atoms with van der Waals surface area (Å²) in [4.78, 5) is 0. The Kier molecular flexibility index (Phi) is 3.05. The van der Waals surface area contributed by atoms with Crippen LogP contribution in [0.2, 0.25) is 0 Å². The van der Waals surface area contributed by atoms with Gasteiger partial charge in [-0.1, -0.05) is 52.1 Å². The maximum absolute atomic E-state index is 6.10. The van der Waals surface area contributed by atoms with Gasteiger partial charge in [0, 0.05) is 20.7 Å². The fourth-order valence-corrected chi connectivity index (χ4v) is 7.48. The van der Waals surface area contributed by atoms with Gasteiger partial charge in [0.15, 0.2) is 5.79 Å². The molecule has 3 fully saturated rings. The van der Waals surface area contributed by atoms with Crippen LogP contribution in [-0.4, -0.2) is 27.9 Å². The Hall–Kier alpha value is 1.38. The van der Waals surface area contributed by atoms with Crippen molar-refractivity contribution in [3.63, 3.8) is 0 Å². The maximum Gasteiger partial charge on any atom is 0.175 e. The normalized spacial score (nSPS) is 49.3. The second-order valence-corrected chi connectivity index (χ2v) is 7.18. The fourth-order valence-electron chi connectivity index (χ4n) is 4.30. The first-order chi connectivity index (χ1) is 7.64. The number of fused-ring (bicyclic) bond motifs is 3. The van der Waals surface area contributed by atoms with Crippen LogP contribution in [-0.2, 0) is 9.47 Å². The third-order valence-electron chi connectivity index (χ3n) is 5.42. The topological polar surface area (TPSA) is 18.5 Å². The Morgan fingerprint density at radius 3 is 2.44 bits per heavy atom. The van der Waals surface area contributed by atoms with Gasteiger partial charge >= 0.3 is 0 Å². The van der Waals surface area contributed by atoms with Crippen LogP contribution in [0.3, 0.4) is 0 Å². The summed E-state index contributed by atoms with van der Waals surface area (Å²) in [5.41, 5.74) is 0.683. The van der Waals surface area contributed by atoms with E-state index in [2.05, 4.69) is 52.1 Å². The first kappa shape index (κ1) is 12.4. The van der Waals surface area contributed by atoms with E-state index in [4.69, 9.17) is 9.47 Å². The number of rotatable bonds is 2. The molecule has 3 aliphatic rings. The van der Waals surface area contributed by atoms with E-state index in [1.165, 1.54) is 21.7 Å². The van der Waals surface area contributed by atoms with Gasteiger partial charge in [-0.05, 0) is 24.2 Å². The summed E-state index contributed by atoms with van der Waals surface area (Å²) < 4.78 is 14.6. The van der Waals surface area contributed by atoms with Crippen LogP contribution in [0, 0.1) is 16.7 Å². The van der Waals surface area contributed by atoms with Gasteiger partial charge in [-0.2, -0.15) is 0 Å². The van der Waals surface area contributed by atoms with E-state index in [0.717, 1.165) is 25.6 Å². The van der Waals surface area contributed by atoms with Crippen molar-refractivity contribution in [2.24, 2.45) is 16.7 Å². The van der Waals surface area contributed by atoms with E-state index in [0.29, 0.717) is 5.41 Å². The Morgan fingerprint density at radius 1 is 1.19 bits per heavy atom. The van der Waals surface area contributed by atoms with Crippen LogP contribution >= 0.6 is 45.2 Å². The molecule has 2 bridgehead atoms. The molecule has 0 aromatic carbocycles. The SMILES string of the molecule is C[C@@]1(CI)[C@H]2CC[C@]1(CI)C1(C2)OCCO1. The van der Waals surface area contributed by atoms with Gasteiger partial charge in [-0.25, -0.2) is 0 Å². The molecule has 2 saturated carbocycles. The quantitative estimate of drug-likeness (QED) is 0.477. The Morgan fingerprint density at radius 2 is 1.88 bits per heavy atom. The molecular weight excluding hydrogens is 430 g/mol. The van der Waals surface area contributed by atoms with Crippen LogP contribution < -0.4 is 0 Å². The van der Waals surface area contributed by atoms with E-state index in [9.17, 15) is 0 Å². The Labute approximate surface area is 124 Å². The van der Waals surface area contributed by atoms with E-state index < -0.39 is 0 Å². The molecular formula is C12H18I2O2. The average molecular weight is 448 g/mol. The highest BCUT2D eigenvalue weighted by Gasteiger charge is 2.74. The molecule has 1 heterocycles. The van der Waals surface area contributed by atoms with Gasteiger partial charge < -0.3 is 9.47 Å². The van der Waals surface area contributed by atoms with E-state index in [1.807, 2.05) is 0 Å². The molecule has 92 valence electrons. The minimum absolute atomic E-state index is 0.225. The second-order valence-electron chi connectivity index (χ2n) is 5.66. The van der Waals surface area contributed by atoms with Gasteiger partial charge in [0.2, 0.25) is 0 Å². The maximum atomic E-state index is 6.10. The zero-order valence-electron chi connectivity index (χ0n) is 9.60. The third kappa shape index (κ3) is 1.20. The minimum Gasteiger partial charge on any atom is -0.347 e. The molecule has 0 aromatic rings. The highest BCUT2D eigenvalue weighted by atomic mass is 127. The summed E-state index contributed by atoms with van der Waals surface area (Å²) in [6, 6.07) is 0. The van der Waals surface area contributed by atoms with E-state index in [-0.39, 0.29) is 11.2 Å². The zero-order chi connectivity index (χ0) is 11.4. The average Bonchev–Trinajstić information content (AvgIpc) is 2.92. The van der Waals surface area contributed by atoms with E-state index in [1.54, 1.807) is 0 Å². The minimum atomic E-state index is -0.225. The summed E-state index contributed by atoms with van der Waals surface area (Å²) in [7, 11) is 0. The second kappa shape index (κ2) is 3.93. The van der Waals surface area contributed by atoms with Crippen molar-refractivity contribution in [2.45, 2.75) is 32.0 Å².